The number of hydrogen-bond donors (Lipinski definition) is 0. The number of ketones is 1. The summed E-state index contributed by atoms with van der Waals surface area (Å²) in [7, 11) is 0. The van der Waals surface area contributed by atoms with Crippen LogP contribution in [-0.2, 0) is 6.54 Å². The first-order valence-electron chi connectivity index (χ1n) is 8.95. The number of allylic oxidation sites excluding steroid dienone is 1. The van der Waals surface area contributed by atoms with Gasteiger partial charge in [-0.25, -0.2) is 0 Å². The Hall–Kier alpha value is -3.59. The van der Waals surface area contributed by atoms with Gasteiger partial charge in [0.05, 0.1) is 5.56 Å². The highest BCUT2D eigenvalue weighted by Crippen LogP contribution is 2.33. The van der Waals surface area contributed by atoms with Gasteiger partial charge in [-0.2, -0.15) is 0 Å². The van der Waals surface area contributed by atoms with E-state index in [-0.39, 0.29) is 5.78 Å². The second-order valence-electron chi connectivity index (χ2n) is 6.65. The molecule has 0 fully saturated rings. The van der Waals surface area contributed by atoms with Crippen LogP contribution in [0, 0.1) is 0 Å². The molecule has 1 aliphatic rings. The van der Waals surface area contributed by atoms with E-state index in [1.807, 2.05) is 54.6 Å². The van der Waals surface area contributed by atoms with E-state index in [1.165, 1.54) is 5.56 Å². The van der Waals surface area contributed by atoms with Crippen LogP contribution in [0.3, 0.4) is 0 Å². The van der Waals surface area contributed by atoms with Gasteiger partial charge in [0.25, 0.3) is 0 Å². The fourth-order valence-electron chi connectivity index (χ4n) is 3.58. The second kappa shape index (κ2) is 6.29. The summed E-state index contributed by atoms with van der Waals surface area (Å²) in [5.74, 6) is 0.936. The Balaban J connectivity index is 1.58. The third kappa shape index (κ3) is 2.74. The highest BCUT2D eigenvalue weighted by atomic mass is 16.5. The molecular weight excluding hydrogens is 334 g/mol. The van der Waals surface area contributed by atoms with Gasteiger partial charge in [-0.1, -0.05) is 60.7 Å². The molecule has 4 aromatic rings. The van der Waals surface area contributed by atoms with Crippen molar-refractivity contribution in [1.82, 2.24) is 4.57 Å². The average Bonchev–Trinajstić information content (AvgIpc) is 3.21. The van der Waals surface area contributed by atoms with Crippen LogP contribution in [0.5, 0.6) is 5.75 Å². The minimum absolute atomic E-state index is 0.0644. The summed E-state index contributed by atoms with van der Waals surface area (Å²) in [6, 6.07) is 25.9. The summed E-state index contributed by atoms with van der Waals surface area (Å²) in [5.41, 5.74) is 3.98. The first-order chi connectivity index (χ1) is 13.3. The quantitative estimate of drug-likeness (QED) is 0.469. The zero-order valence-corrected chi connectivity index (χ0v) is 14.6. The number of fused-ring (bicyclic) bond motifs is 2. The summed E-state index contributed by atoms with van der Waals surface area (Å²) >= 11 is 0. The molecule has 1 aromatic heterocycles. The molecule has 0 N–H and O–H groups in total. The highest BCUT2D eigenvalue weighted by molar-refractivity contribution is 6.15. The van der Waals surface area contributed by atoms with E-state index in [2.05, 4.69) is 35.0 Å². The topological polar surface area (TPSA) is 31.2 Å². The van der Waals surface area contributed by atoms with Crippen LogP contribution in [-0.4, -0.2) is 10.4 Å². The normalized spacial score (nSPS) is 14.5. The Labute approximate surface area is 157 Å². The van der Waals surface area contributed by atoms with Crippen LogP contribution in [0.25, 0.3) is 17.0 Å². The van der Waals surface area contributed by atoms with E-state index in [0.29, 0.717) is 17.1 Å². The second-order valence-corrected chi connectivity index (χ2v) is 6.65. The molecule has 0 unspecified atom stereocenters. The maximum atomic E-state index is 12.6. The summed E-state index contributed by atoms with van der Waals surface area (Å²) in [6.07, 6.45) is 3.94. The largest absolute Gasteiger partial charge is 0.452 e. The molecule has 0 saturated carbocycles. The van der Waals surface area contributed by atoms with Crippen molar-refractivity contribution < 1.29 is 9.53 Å². The number of nitrogens with zero attached hydrogens (tertiary/aromatic N) is 1. The van der Waals surface area contributed by atoms with E-state index in [4.69, 9.17) is 4.74 Å². The van der Waals surface area contributed by atoms with Gasteiger partial charge in [0.15, 0.2) is 5.76 Å². The number of carbonyl (C=O) groups excluding carboxylic acids is 1. The van der Waals surface area contributed by atoms with Gasteiger partial charge in [-0.3, -0.25) is 4.79 Å². The van der Waals surface area contributed by atoms with Gasteiger partial charge in [-0.05, 0) is 29.8 Å². The summed E-state index contributed by atoms with van der Waals surface area (Å²) in [5, 5.41) is 1.10. The van der Waals surface area contributed by atoms with Crippen molar-refractivity contribution in [3.63, 3.8) is 0 Å². The number of aromatic nitrogens is 1. The summed E-state index contributed by atoms with van der Waals surface area (Å²) < 4.78 is 8.01. The monoisotopic (exact) mass is 351 g/mol. The van der Waals surface area contributed by atoms with Crippen molar-refractivity contribution >= 4 is 22.8 Å². The highest BCUT2D eigenvalue weighted by Gasteiger charge is 2.27. The van der Waals surface area contributed by atoms with Gasteiger partial charge in [0, 0.05) is 29.2 Å². The molecule has 0 radical (unpaired) electrons. The molecule has 3 nitrogen and oxygen atoms in total. The number of benzene rings is 3. The number of carbonyl (C=O) groups is 1. The lowest BCUT2D eigenvalue weighted by Crippen LogP contribution is -1.98. The maximum Gasteiger partial charge on any atom is 0.231 e. The van der Waals surface area contributed by atoms with Crippen molar-refractivity contribution in [2.24, 2.45) is 0 Å². The first kappa shape index (κ1) is 15.6. The van der Waals surface area contributed by atoms with Gasteiger partial charge in [0.2, 0.25) is 5.78 Å². The number of rotatable bonds is 3. The molecule has 0 amide bonds. The molecule has 5 rings (SSSR count). The molecule has 0 spiro atoms. The van der Waals surface area contributed by atoms with E-state index in [9.17, 15) is 4.79 Å². The van der Waals surface area contributed by atoms with Gasteiger partial charge in [-0.15, -0.1) is 0 Å². The standard InChI is InChI=1S/C24H17NO2/c26-24-20-11-5-7-13-22(20)27-23(24)14-18-16-25(15-17-8-2-1-3-9-17)21-12-6-4-10-19(18)21/h1-14,16H,15H2/b23-14-. The molecule has 3 aromatic carbocycles. The van der Waals surface area contributed by atoms with Gasteiger partial charge < -0.3 is 9.30 Å². The molecule has 3 heteroatoms. The van der Waals surface area contributed by atoms with Crippen LogP contribution in [0.15, 0.2) is 90.8 Å². The lowest BCUT2D eigenvalue weighted by molar-refractivity contribution is 0.101. The molecule has 0 aliphatic carbocycles. The van der Waals surface area contributed by atoms with Crippen molar-refractivity contribution in [3.05, 3.63) is 108 Å². The molecular formula is C24H17NO2. The first-order valence-corrected chi connectivity index (χ1v) is 8.95. The van der Waals surface area contributed by atoms with Crippen molar-refractivity contribution in [2.45, 2.75) is 6.54 Å². The van der Waals surface area contributed by atoms with E-state index in [0.717, 1.165) is 23.0 Å². The number of hydrogen-bond acceptors (Lipinski definition) is 2. The predicted octanol–water partition coefficient (Wildman–Crippen LogP) is 5.31. The summed E-state index contributed by atoms with van der Waals surface area (Å²) in [6.45, 7) is 0.777. The number of ether oxygens (including phenoxy) is 1. The molecule has 0 saturated heterocycles. The predicted molar refractivity (Wildman–Crippen MR) is 107 cm³/mol. The van der Waals surface area contributed by atoms with Crippen LogP contribution in [0.1, 0.15) is 21.5 Å². The Kier molecular flexibility index (Phi) is 3.65. The molecule has 2 heterocycles. The fourth-order valence-corrected chi connectivity index (χ4v) is 3.58. The summed E-state index contributed by atoms with van der Waals surface area (Å²) in [4.78, 5) is 12.6. The van der Waals surface area contributed by atoms with Crippen LogP contribution in [0.4, 0.5) is 0 Å². The average molecular weight is 351 g/mol. The fraction of sp³-hybridized carbons (Fsp3) is 0.0417. The van der Waals surface area contributed by atoms with E-state index in [1.54, 1.807) is 6.07 Å². The molecule has 0 bridgehead atoms. The number of para-hydroxylation sites is 2. The third-order valence-electron chi connectivity index (χ3n) is 4.88. The van der Waals surface area contributed by atoms with Crippen molar-refractivity contribution in [2.75, 3.05) is 0 Å². The molecule has 0 atom stereocenters. The zero-order chi connectivity index (χ0) is 18.2. The Morgan fingerprint density at radius 3 is 2.44 bits per heavy atom. The van der Waals surface area contributed by atoms with E-state index < -0.39 is 0 Å². The van der Waals surface area contributed by atoms with E-state index >= 15 is 0 Å². The maximum absolute atomic E-state index is 12.6. The van der Waals surface area contributed by atoms with Crippen LogP contribution >= 0.6 is 0 Å². The van der Waals surface area contributed by atoms with Crippen LogP contribution < -0.4 is 4.74 Å². The molecule has 130 valence electrons. The van der Waals surface area contributed by atoms with Gasteiger partial charge in [0.1, 0.15) is 5.75 Å². The number of Topliss-reactive ketones (excluding diaryl/α,β-unsaturated/α-hetero) is 1. The van der Waals surface area contributed by atoms with Crippen molar-refractivity contribution in [1.29, 1.82) is 0 Å². The third-order valence-corrected chi connectivity index (χ3v) is 4.88. The Morgan fingerprint density at radius 1 is 0.852 bits per heavy atom. The van der Waals surface area contributed by atoms with Crippen molar-refractivity contribution in [3.8, 4) is 5.75 Å². The van der Waals surface area contributed by atoms with Gasteiger partial charge >= 0.3 is 0 Å². The lowest BCUT2D eigenvalue weighted by atomic mass is 10.1. The minimum atomic E-state index is -0.0644. The van der Waals surface area contributed by atoms with Crippen LogP contribution in [0.2, 0.25) is 0 Å². The minimum Gasteiger partial charge on any atom is -0.452 e. The Morgan fingerprint density at radius 2 is 1.59 bits per heavy atom. The smallest absolute Gasteiger partial charge is 0.231 e. The SMILES string of the molecule is O=C1/C(=C/c2cn(Cc3ccccc3)c3ccccc23)Oc2ccccc21. The lowest BCUT2D eigenvalue weighted by Gasteiger charge is -2.05. The molecule has 27 heavy (non-hydrogen) atoms. The Bertz CT molecular complexity index is 1190. The molecule has 1 aliphatic heterocycles. The zero-order valence-electron chi connectivity index (χ0n) is 14.6.